The summed E-state index contributed by atoms with van der Waals surface area (Å²) < 4.78 is 27.3. The molecule has 0 radical (unpaired) electrons. The number of likely N-dealkylation sites (tertiary alicyclic amines) is 1. The lowest BCUT2D eigenvalue weighted by atomic mass is 9.84. The maximum absolute atomic E-state index is 13.7. The Morgan fingerprint density at radius 1 is 1.14 bits per heavy atom. The van der Waals surface area contributed by atoms with Gasteiger partial charge in [0.05, 0.1) is 0 Å². The highest BCUT2D eigenvalue weighted by Crippen LogP contribution is 2.32. The van der Waals surface area contributed by atoms with Crippen LogP contribution in [0.25, 0.3) is 0 Å². The monoisotopic (exact) mass is 205 g/mol. The van der Waals surface area contributed by atoms with Crippen molar-refractivity contribution in [2.24, 2.45) is 11.8 Å². The Balaban J connectivity index is 2.64. The molecule has 0 bridgehead atoms. The summed E-state index contributed by atoms with van der Waals surface area (Å²) in [7, 11) is 0. The predicted octanol–water partition coefficient (Wildman–Crippen LogP) is 3.01. The molecule has 1 nitrogen and oxygen atoms in total. The van der Waals surface area contributed by atoms with E-state index in [9.17, 15) is 8.78 Å². The fourth-order valence-corrected chi connectivity index (χ4v) is 2.21. The van der Waals surface area contributed by atoms with Crippen molar-refractivity contribution in [1.29, 1.82) is 0 Å². The topological polar surface area (TPSA) is 3.24 Å². The van der Waals surface area contributed by atoms with Gasteiger partial charge in [-0.2, -0.15) is 0 Å². The number of hydrogen-bond donors (Lipinski definition) is 0. The van der Waals surface area contributed by atoms with E-state index in [-0.39, 0.29) is 17.9 Å². The minimum atomic E-state index is -1.41. The van der Waals surface area contributed by atoms with Crippen LogP contribution in [0.2, 0.25) is 0 Å². The fourth-order valence-electron chi connectivity index (χ4n) is 2.21. The lowest BCUT2D eigenvalue weighted by Crippen LogP contribution is -2.52. The molecule has 3 unspecified atom stereocenters. The van der Waals surface area contributed by atoms with E-state index in [2.05, 4.69) is 0 Å². The van der Waals surface area contributed by atoms with Gasteiger partial charge in [0, 0.05) is 12.6 Å². The summed E-state index contributed by atoms with van der Waals surface area (Å²) in [5.41, 5.74) is 0. The average Bonchev–Trinajstić information content (AvgIpc) is 2.08. The van der Waals surface area contributed by atoms with Crippen LogP contribution in [-0.4, -0.2) is 30.0 Å². The van der Waals surface area contributed by atoms with Crippen LogP contribution in [-0.2, 0) is 0 Å². The highest BCUT2D eigenvalue weighted by Gasteiger charge is 2.40. The molecular formula is C11H21F2N. The van der Waals surface area contributed by atoms with Crippen LogP contribution in [0.3, 0.4) is 0 Å². The van der Waals surface area contributed by atoms with Gasteiger partial charge in [-0.3, -0.25) is 4.90 Å². The molecule has 0 aliphatic carbocycles. The standard InChI is InChI=1S/C11H21F2N/c1-7(2)9-5-6-14(8(3)4)11(13)10(9)12/h7-11H,5-6H2,1-4H3. The molecule has 1 heterocycles. The van der Waals surface area contributed by atoms with Crippen LogP contribution in [0.15, 0.2) is 0 Å². The van der Waals surface area contributed by atoms with Crippen LogP contribution >= 0.6 is 0 Å². The molecule has 0 saturated carbocycles. The zero-order valence-electron chi connectivity index (χ0n) is 9.50. The lowest BCUT2D eigenvalue weighted by Gasteiger charge is -2.41. The average molecular weight is 205 g/mol. The molecule has 1 rings (SSSR count). The van der Waals surface area contributed by atoms with Gasteiger partial charge in [-0.1, -0.05) is 13.8 Å². The van der Waals surface area contributed by atoms with Crippen LogP contribution < -0.4 is 0 Å². The molecule has 1 fully saturated rings. The van der Waals surface area contributed by atoms with Crippen molar-refractivity contribution in [3.05, 3.63) is 0 Å². The number of hydrogen-bond acceptors (Lipinski definition) is 1. The summed E-state index contributed by atoms with van der Waals surface area (Å²) in [4.78, 5) is 1.61. The third-order valence-corrected chi connectivity index (χ3v) is 3.23. The molecule has 0 aromatic carbocycles. The number of nitrogens with zero attached hydrogens (tertiary/aromatic N) is 1. The third-order valence-electron chi connectivity index (χ3n) is 3.23. The SMILES string of the molecule is CC(C)C1CCN(C(C)C)C(F)C1F. The van der Waals surface area contributed by atoms with Gasteiger partial charge in [0.15, 0.2) is 6.30 Å². The summed E-state index contributed by atoms with van der Waals surface area (Å²) >= 11 is 0. The zero-order valence-corrected chi connectivity index (χ0v) is 9.50. The quantitative estimate of drug-likeness (QED) is 0.626. The second-order valence-corrected chi connectivity index (χ2v) is 4.85. The molecule has 3 atom stereocenters. The Hall–Kier alpha value is -0.180. The molecule has 0 N–H and O–H groups in total. The molecule has 0 aromatic rings. The van der Waals surface area contributed by atoms with Crippen molar-refractivity contribution < 1.29 is 8.78 Å². The first kappa shape index (κ1) is 11.9. The summed E-state index contributed by atoms with van der Waals surface area (Å²) in [6.07, 6.45) is -1.94. The second-order valence-electron chi connectivity index (χ2n) is 4.85. The Labute approximate surface area is 85.5 Å². The lowest BCUT2D eigenvalue weighted by molar-refractivity contribution is -0.0752. The highest BCUT2D eigenvalue weighted by atomic mass is 19.2. The van der Waals surface area contributed by atoms with Crippen LogP contribution in [0.4, 0.5) is 8.78 Å². The van der Waals surface area contributed by atoms with Gasteiger partial charge in [0.1, 0.15) is 6.17 Å². The predicted molar refractivity (Wildman–Crippen MR) is 54.6 cm³/mol. The van der Waals surface area contributed by atoms with Crippen LogP contribution in [0.1, 0.15) is 34.1 Å². The van der Waals surface area contributed by atoms with Gasteiger partial charge < -0.3 is 0 Å². The fraction of sp³-hybridized carbons (Fsp3) is 1.00. The first-order chi connectivity index (χ1) is 6.45. The van der Waals surface area contributed by atoms with Gasteiger partial charge in [0.25, 0.3) is 0 Å². The van der Waals surface area contributed by atoms with Crippen LogP contribution in [0.5, 0.6) is 0 Å². The van der Waals surface area contributed by atoms with E-state index in [1.54, 1.807) is 4.90 Å². The summed E-state index contributed by atoms with van der Waals surface area (Å²) in [5, 5.41) is 0. The van der Waals surface area contributed by atoms with Crippen molar-refractivity contribution in [2.75, 3.05) is 6.54 Å². The van der Waals surface area contributed by atoms with Crippen molar-refractivity contribution >= 4 is 0 Å². The molecule has 84 valence electrons. The Kier molecular flexibility index (Phi) is 3.87. The van der Waals surface area contributed by atoms with Crippen molar-refractivity contribution in [3.63, 3.8) is 0 Å². The van der Waals surface area contributed by atoms with Gasteiger partial charge in [0.2, 0.25) is 0 Å². The summed E-state index contributed by atoms with van der Waals surface area (Å²) in [6, 6.07) is 0.0939. The van der Waals surface area contributed by atoms with Crippen molar-refractivity contribution in [2.45, 2.75) is 52.6 Å². The largest absolute Gasteiger partial charge is 0.269 e. The maximum Gasteiger partial charge on any atom is 0.185 e. The molecule has 1 aliphatic heterocycles. The number of halogens is 2. The molecule has 14 heavy (non-hydrogen) atoms. The minimum absolute atomic E-state index is 0.0939. The zero-order chi connectivity index (χ0) is 10.9. The molecule has 0 spiro atoms. The Morgan fingerprint density at radius 3 is 2.14 bits per heavy atom. The van der Waals surface area contributed by atoms with Crippen molar-refractivity contribution in [3.8, 4) is 0 Å². The number of alkyl halides is 2. The first-order valence-corrected chi connectivity index (χ1v) is 5.49. The molecule has 1 aliphatic rings. The van der Waals surface area contributed by atoms with Crippen LogP contribution in [0, 0.1) is 11.8 Å². The number of rotatable bonds is 2. The molecule has 1 saturated heterocycles. The Morgan fingerprint density at radius 2 is 1.71 bits per heavy atom. The normalized spacial score (nSPS) is 35.6. The second kappa shape index (κ2) is 4.56. The van der Waals surface area contributed by atoms with E-state index in [4.69, 9.17) is 0 Å². The van der Waals surface area contributed by atoms with Gasteiger partial charge in [-0.25, -0.2) is 8.78 Å². The molecule has 0 amide bonds. The summed E-state index contributed by atoms with van der Waals surface area (Å²) in [5.74, 6) is 0.123. The smallest absolute Gasteiger partial charge is 0.185 e. The maximum atomic E-state index is 13.7. The van der Waals surface area contributed by atoms with E-state index in [0.29, 0.717) is 6.54 Å². The van der Waals surface area contributed by atoms with Gasteiger partial charge in [-0.05, 0) is 32.1 Å². The number of piperidine rings is 1. The third kappa shape index (κ3) is 2.25. The highest BCUT2D eigenvalue weighted by molar-refractivity contribution is 4.86. The van der Waals surface area contributed by atoms with E-state index < -0.39 is 12.5 Å². The molecule has 3 heteroatoms. The first-order valence-electron chi connectivity index (χ1n) is 5.49. The van der Waals surface area contributed by atoms with Crippen molar-refractivity contribution in [1.82, 2.24) is 4.90 Å². The van der Waals surface area contributed by atoms with E-state index in [1.807, 2.05) is 27.7 Å². The summed E-state index contributed by atoms with van der Waals surface area (Å²) in [6.45, 7) is 8.44. The van der Waals surface area contributed by atoms with E-state index in [1.165, 1.54) is 0 Å². The van der Waals surface area contributed by atoms with E-state index in [0.717, 1.165) is 6.42 Å². The minimum Gasteiger partial charge on any atom is -0.269 e. The molecule has 0 aromatic heterocycles. The Bertz CT molecular complexity index is 162. The van der Waals surface area contributed by atoms with Gasteiger partial charge in [-0.15, -0.1) is 0 Å². The van der Waals surface area contributed by atoms with Gasteiger partial charge >= 0.3 is 0 Å². The molecular weight excluding hydrogens is 184 g/mol. The van der Waals surface area contributed by atoms with E-state index >= 15 is 0 Å².